The maximum Gasteiger partial charge on any atom is 0.251 e. The summed E-state index contributed by atoms with van der Waals surface area (Å²) >= 11 is 0. The van der Waals surface area contributed by atoms with Crippen molar-refractivity contribution >= 4 is 29.0 Å². The first-order chi connectivity index (χ1) is 14.9. The Bertz CT molecular complexity index is 1120. The number of hydrogen-bond donors (Lipinski definition) is 2. The average Bonchev–Trinajstić information content (AvgIpc) is 2.76. The number of nitrogens with one attached hydrogen (secondary N) is 2. The van der Waals surface area contributed by atoms with E-state index in [1.807, 2.05) is 30.3 Å². The fraction of sp³-hybridized carbons (Fsp3) is 0.0800. The van der Waals surface area contributed by atoms with Crippen LogP contribution >= 0.6 is 0 Å². The zero-order valence-electron chi connectivity index (χ0n) is 17.2. The van der Waals surface area contributed by atoms with Gasteiger partial charge in [0.25, 0.3) is 5.91 Å². The minimum absolute atomic E-state index is 0.0539. The molecule has 3 aromatic rings. The van der Waals surface area contributed by atoms with E-state index in [9.17, 15) is 14.4 Å². The molecule has 0 radical (unpaired) electrons. The Morgan fingerprint density at radius 1 is 0.774 bits per heavy atom. The first-order valence-corrected chi connectivity index (χ1v) is 9.66. The summed E-state index contributed by atoms with van der Waals surface area (Å²) in [4.78, 5) is 36.1. The van der Waals surface area contributed by atoms with Gasteiger partial charge in [0.2, 0.25) is 5.91 Å². The Morgan fingerprint density at radius 2 is 1.42 bits per heavy atom. The van der Waals surface area contributed by atoms with Crippen molar-refractivity contribution in [2.75, 3.05) is 10.6 Å². The Kier molecular flexibility index (Phi) is 6.96. The lowest BCUT2D eigenvalue weighted by molar-refractivity contribution is -0.114. The molecule has 0 fully saturated rings. The van der Waals surface area contributed by atoms with Gasteiger partial charge in [-0.2, -0.15) is 0 Å². The largest absolute Gasteiger partial charge is 0.455 e. The molecule has 2 N–H and O–H groups in total. The van der Waals surface area contributed by atoms with Crippen LogP contribution in [0.3, 0.4) is 0 Å². The lowest BCUT2D eigenvalue weighted by atomic mass is 10.1. The Labute approximate surface area is 180 Å². The summed E-state index contributed by atoms with van der Waals surface area (Å²) in [6.07, 6.45) is 1.22. The number of carbonyl (C=O) groups excluding carboxylic acids is 3. The number of ketones is 1. The molecule has 6 nitrogen and oxygen atoms in total. The highest BCUT2D eigenvalue weighted by molar-refractivity contribution is 6.10. The predicted molar refractivity (Wildman–Crippen MR) is 120 cm³/mol. The monoisotopic (exact) mass is 414 g/mol. The van der Waals surface area contributed by atoms with Crippen LogP contribution in [0.5, 0.6) is 11.5 Å². The second-order valence-corrected chi connectivity index (χ2v) is 6.82. The van der Waals surface area contributed by atoms with E-state index < -0.39 is 11.8 Å². The third-order valence-corrected chi connectivity index (χ3v) is 4.37. The average molecular weight is 414 g/mol. The molecule has 0 saturated heterocycles. The molecule has 156 valence electrons. The minimum atomic E-state index is -0.447. The smallest absolute Gasteiger partial charge is 0.251 e. The molecule has 0 unspecified atom stereocenters. The number of hydrogen-bond acceptors (Lipinski definition) is 4. The summed E-state index contributed by atoms with van der Waals surface area (Å²) in [5.74, 6) is 0.210. The summed E-state index contributed by atoms with van der Waals surface area (Å²) in [6.45, 7) is 3.02. The third-order valence-electron chi connectivity index (χ3n) is 4.37. The van der Waals surface area contributed by atoms with Crippen LogP contribution in [-0.4, -0.2) is 17.6 Å². The summed E-state index contributed by atoms with van der Waals surface area (Å²) in [5, 5.41) is 5.44. The van der Waals surface area contributed by atoms with E-state index in [0.717, 1.165) is 0 Å². The first kappa shape index (κ1) is 21.5. The Hall–Kier alpha value is -4.19. The molecule has 6 heteroatoms. The molecule has 0 atom stereocenters. The predicted octanol–water partition coefficient (Wildman–Crippen LogP) is 5.21. The second kappa shape index (κ2) is 10.0. The van der Waals surface area contributed by atoms with Crippen molar-refractivity contribution in [1.29, 1.82) is 0 Å². The number of ether oxygens (including phenoxy) is 1. The quantitative estimate of drug-likeness (QED) is 0.411. The number of Topliss-reactive ketones (excluding diaryl/α,β-unsaturated/α-hetero) is 1. The number of amides is 2. The van der Waals surface area contributed by atoms with Gasteiger partial charge in [-0.1, -0.05) is 30.3 Å². The molecule has 0 aliphatic rings. The van der Waals surface area contributed by atoms with E-state index in [2.05, 4.69) is 10.6 Å². The maximum absolute atomic E-state index is 12.6. The first-order valence-electron chi connectivity index (χ1n) is 9.66. The van der Waals surface area contributed by atoms with Gasteiger partial charge in [0.05, 0.1) is 5.69 Å². The van der Waals surface area contributed by atoms with Crippen molar-refractivity contribution in [3.63, 3.8) is 0 Å². The number of carbonyl (C=O) groups is 3. The molecule has 0 saturated carbocycles. The summed E-state index contributed by atoms with van der Waals surface area (Å²) in [5.41, 5.74) is 1.80. The molecule has 2 amide bonds. The van der Waals surface area contributed by atoms with Crippen molar-refractivity contribution in [3.8, 4) is 11.5 Å². The molecule has 0 bridgehead atoms. The Morgan fingerprint density at radius 3 is 2.10 bits per heavy atom. The maximum atomic E-state index is 12.6. The highest BCUT2D eigenvalue weighted by Crippen LogP contribution is 2.29. The van der Waals surface area contributed by atoms with E-state index in [-0.39, 0.29) is 11.4 Å². The van der Waals surface area contributed by atoms with Gasteiger partial charge in [0.1, 0.15) is 5.75 Å². The molecule has 3 rings (SSSR count). The van der Waals surface area contributed by atoms with Crippen molar-refractivity contribution in [1.82, 2.24) is 0 Å². The van der Waals surface area contributed by atoms with Gasteiger partial charge >= 0.3 is 0 Å². The van der Waals surface area contributed by atoms with Crippen LogP contribution in [0, 0.1) is 0 Å². The normalized spacial score (nSPS) is 10.8. The zero-order valence-corrected chi connectivity index (χ0v) is 17.2. The number of rotatable bonds is 7. The molecule has 0 aliphatic heterocycles. The fourth-order valence-corrected chi connectivity index (χ4v) is 2.72. The van der Waals surface area contributed by atoms with Gasteiger partial charge in [-0.3, -0.25) is 14.4 Å². The van der Waals surface area contributed by atoms with Gasteiger partial charge in [-0.15, -0.1) is 0 Å². The van der Waals surface area contributed by atoms with E-state index in [1.54, 1.807) is 55.5 Å². The SMILES string of the molecule is CC(=O)c1ccc(NC(=O)/C=C(/C)C(=O)Nc2ccccc2Oc2ccccc2)cc1. The van der Waals surface area contributed by atoms with E-state index in [4.69, 9.17) is 4.74 Å². The molecular formula is C25H22N2O4. The van der Waals surface area contributed by atoms with Crippen LogP contribution in [0.2, 0.25) is 0 Å². The summed E-state index contributed by atoms with van der Waals surface area (Å²) < 4.78 is 5.84. The standard InChI is InChI=1S/C25H22N2O4/c1-17(16-24(29)26-20-14-12-19(13-15-20)18(2)28)25(30)27-22-10-6-7-11-23(22)31-21-8-4-3-5-9-21/h3-16H,1-2H3,(H,26,29)(H,27,30)/b17-16-. The third kappa shape index (κ3) is 6.14. The fourth-order valence-electron chi connectivity index (χ4n) is 2.72. The van der Waals surface area contributed by atoms with E-state index in [1.165, 1.54) is 13.0 Å². The molecule has 0 aromatic heterocycles. The van der Waals surface area contributed by atoms with Crippen LogP contribution in [-0.2, 0) is 9.59 Å². The van der Waals surface area contributed by atoms with Crippen molar-refractivity contribution in [2.45, 2.75) is 13.8 Å². The van der Waals surface area contributed by atoms with E-state index >= 15 is 0 Å². The lowest BCUT2D eigenvalue weighted by Crippen LogP contribution is -2.16. The summed E-state index contributed by atoms with van der Waals surface area (Å²) in [7, 11) is 0. The van der Waals surface area contributed by atoms with Gasteiger partial charge < -0.3 is 15.4 Å². The van der Waals surface area contributed by atoms with Gasteiger partial charge in [0.15, 0.2) is 11.5 Å². The minimum Gasteiger partial charge on any atom is -0.455 e. The Balaban J connectivity index is 1.65. The van der Waals surface area contributed by atoms with Crippen LogP contribution in [0.25, 0.3) is 0 Å². The van der Waals surface area contributed by atoms with Gasteiger partial charge in [-0.25, -0.2) is 0 Å². The molecule has 31 heavy (non-hydrogen) atoms. The molecule has 0 heterocycles. The van der Waals surface area contributed by atoms with Crippen molar-refractivity contribution in [2.24, 2.45) is 0 Å². The lowest BCUT2D eigenvalue weighted by Gasteiger charge is -2.12. The summed E-state index contributed by atoms with van der Waals surface area (Å²) in [6, 6.07) is 22.8. The van der Waals surface area contributed by atoms with Crippen molar-refractivity contribution < 1.29 is 19.1 Å². The molecule has 0 aliphatic carbocycles. The number of para-hydroxylation sites is 3. The number of benzene rings is 3. The van der Waals surface area contributed by atoms with Gasteiger partial charge in [-0.05, 0) is 62.4 Å². The van der Waals surface area contributed by atoms with E-state index in [0.29, 0.717) is 28.4 Å². The second-order valence-electron chi connectivity index (χ2n) is 6.82. The van der Waals surface area contributed by atoms with Gasteiger partial charge in [0, 0.05) is 22.9 Å². The molecule has 0 spiro atoms. The highest BCUT2D eigenvalue weighted by Gasteiger charge is 2.11. The molecular weight excluding hydrogens is 392 g/mol. The number of anilines is 2. The zero-order chi connectivity index (χ0) is 22.2. The topological polar surface area (TPSA) is 84.5 Å². The van der Waals surface area contributed by atoms with Crippen molar-refractivity contribution in [3.05, 3.63) is 96.1 Å². The van der Waals surface area contributed by atoms with Crippen LogP contribution < -0.4 is 15.4 Å². The highest BCUT2D eigenvalue weighted by atomic mass is 16.5. The van der Waals surface area contributed by atoms with Crippen LogP contribution in [0.4, 0.5) is 11.4 Å². The van der Waals surface area contributed by atoms with Crippen LogP contribution in [0.15, 0.2) is 90.5 Å². The molecule has 3 aromatic carbocycles. The van der Waals surface area contributed by atoms with Crippen LogP contribution in [0.1, 0.15) is 24.2 Å².